The molecule has 1 amide bonds. The van der Waals surface area contributed by atoms with E-state index in [1.54, 1.807) is 0 Å². The number of hydrogen-bond donors (Lipinski definition) is 1. The fraction of sp³-hybridized carbons (Fsp3) is 0.417. The van der Waals surface area contributed by atoms with Gasteiger partial charge in [0.15, 0.2) is 0 Å². The molecule has 1 saturated carbocycles. The molecule has 1 aromatic carbocycles. The molecule has 0 aromatic heterocycles. The predicted octanol–water partition coefficient (Wildman–Crippen LogP) is 2.26. The maximum atomic E-state index is 13.4. The largest absolute Gasteiger partial charge is 0.352 e. The van der Waals surface area contributed by atoms with Crippen molar-refractivity contribution in [3.8, 4) is 0 Å². The van der Waals surface area contributed by atoms with Gasteiger partial charge in [0.1, 0.15) is 5.82 Å². The number of nitro groups is 1. The van der Waals surface area contributed by atoms with Crippen molar-refractivity contribution in [2.75, 3.05) is 6.54 Å². The molecule has 6 heteroatoms. The van der Waals surface area contributed by atoms with Crippen LogP contribution in [0.4, 0.5) is 10.1 Å². The van der Waals surface area contributed by atoms with Gasteiger partial charge in [0.2, 0.25) is 0 Å². The van der Waals surface area contributed by atoms with Gasteiger partial charge in [-0.25, -0.2) is 4.39 Å². The maximum Gasteiger partial charge on any atom is 0.270 e. The van der Waals surface area contributed by atoms with E-state index in [1.165, 1.54) is 0 Å². The minimum atomic E-state index is -0.744. The van der Waals surface area contributed by atoms with Crippen LogP contribution >= 0.6 is 0 Å². The van der Waals surface area contributed by atoms with E-state index in [2.05, 4.69) is 5.32 Å². The van der Waals surface area contributed by atoms with Crippen LogP contribution in [0.5, 0.6) is 0 Å². The number of non-ortho nitro benzene ring substituents is 1. The molecule has 0 atom stereocenters. The van der Waals surface area contributed by atoms with Crippen molar-refractivity contribution in [1.82, 2.24) is 5.32 Å². The number of rotatable bonds is 4. The summed E-state index contributed by atoms with van der Waals surface area (Å²) in [6, 6.07) is 2.94. The lowest BCUT2D eigenvalue weighted by molar-refractivity contribution is -0.384. The number of carbonyl (C=O) groups is 1. The van der Waals surface area contributed by atoms with Crippen LogP contribution in [-0.4, -0.2) is 17.4 Å². The predicted molar refractivity (Wildman–Crippen MR) is 62.7 cm³/mol. The Hall–Kier alpha value is -1.98. The molecule has 0 unspecified atom stereocenters. The summed E-state index contributed by atoms with van der Waals surface area (Å²) in [6.45, 7) is 0.501. The molecule has 1 fully saturated rings. The van der Waals surface area contributed by atoms with Crippen molar-refractivity contribution in [3.63, 3.8) is 0 Å². The van der Waals surface area contributed by atoms with Gasteiger partial charge in [0.25, 0.3) is 11.6 Å². The monoisotopic (exact) mass is 252 g/mol. The number of benzene rings is 1. The first-order valence-electron chi connectivity index (χ1n) is 5.80. The van der Waals surface area contributed by atoms with E-state index in [4.69, 9.17) is 0 Å². The third-order valence-corrected chi connectivity index (χ3v) is 3.18. The van der Waals surface area contributed by atoms with Gasteiger partial charge in [-0.3, -0.25) is 14.9 Å². The Morgan fingerprint density at radius 2 is 2.22 bits per heavy atom. The van der Waals surface area contributed by atoms with Gasteiger partial charge in [0, 0.05) is 18.7 Å². The number of amides is 1. The first-order chi connectivity index (χ1) is 8.58. The zero-order valence-electron chi connectivity index (χ0n) is 9.69. The van der Waals surface area contributed by atoms with Gasteiger partial charge in [-0.2, -0.15) is 0 Å². The molecular formula is C12H13FN2O3. The van der Waals surface area contributed by atoms with Crippen LogP contribution < -0.4 is 5.32 Å². The van der Waals surface area contributed by atoms with Crippen molar-refractivity contribution >= 4 is 11.6 Å². The second-order valence-electron chi connectivity index (χ2n) is 4.43. The zero-order valence-corrected chi connectivity index (χ0v) is 9.69. The first-order valence-corrected chi connectivity index (χ1v) is 5.80. The molecule has 0 heterocycles. The van der Waals surface area contributed by atoms with Crippen molar-refractivity contribution < 1.29 is 14.1 Å². The third kappa shape index (κ3) is 2.64. The van der Waals surface area contributed by atoms with Crippen molar-refractivity contribution in [3.05, 3.63) is 39.7 Å². The number of halogens is 1. The number of carbonyl (C=O) groups excluding carboxylic acids is 1. The Labute approximate surface area is 103 Å². The third-order valence-electron chi connectivity index (χ3n) is 3.18. The number of hydrogen-bond acceptors (Lipinski definition) is 3. The van der Waals surface area contributed by atoms with Gasteiger partial charge in [-0.1, -0.05) is 6.42 Å². The summed E-state index contributed by atoms with van der Waals surface area (Å²) >= 11 is 0. The van der Waals surface area contributed by atoms with E-state index in [1.807, 2.05) is 0 Å². The topological polar surface area (TPSA) is 72.2 Å². The zero-order chi connectivity index (χ0) is 13.1. The van der Waals surface area contributed by atoms with Gasteiger partial charge in [-0.05, 0) is 24.8 Å². The van der Waals surface area contributed by atoms with E-state index in [0.29, 0.717) is 12.5 Å². The highest BCUT2D eigenvalue weighted by molar-refractivity contribution is 5.95. The summed E-state index contributed by atoms with van der Waals surface area (Å²) in [6.07, 6.45) is 3.29. The Kier molecular flexibility index (Phi) is 3.55. The van der Waals surface area contributed by atoms with Crippen LogP contribution in [0.2, 0.25) is 0 Å². The van der Waals surface area contributed by atoms with Gasteiger partial charge < -0.3 is 5.32 Å². The van der Waals surface area contributed by atoms with Crippen LogP contribution in [0.3, 0.4) is 0 Å². The van der Waals surface area contributed by atoms with Crippen molar-refractivity contribution in [2.24, 2.45) is 5.92 Å². The van der Waals surface area contributed by atoms with Crippen LogP contribution in [0.15, 0.2) is 18.2 Å². The molecule has 5 nitrogen and oxygen atoms in total. The summed E-state index contributed by atoms with van der Waals surface area (Å²) in [4.78, 5) is 21.6. The quantitative estimate of drug-likeness (QED) is 0.660. The van der Waals surface area contributed by atoms with Crippen LogP contribution in [-0.2, 0) is 0 Å². The lowest BCUT2D eigenvalue weighted by Gasteiger charge is -2.25. The first kappa shape index (κ1) is 12.5. The fourth-order valence-electron chi connectivity index (χ4n) is 1.83. The van der Waals surface area contributed by atoms with Crippen LogP contribution in [0.1, 0.15) is 29.6 Å². The Morgan fingerprint density at radius 3 is 2.78 bits per heavy atom. The number of nitro benzene ring substituents is 1. The lowest BCUT2D eigenvalue weighted by Crippen LogP contribution is -2.32. The van der Waals surface area contributed by atoms with Gasteiger partial charge >= 0.3 is 0 Å². The summed E-state index contributed by atoms with van der Waals surface area (Å²) in [5.41, 5.74) is -0.561. The van der Waals surface area contributed by atoms with E-state index in [9.17, 15) is 19.3 Å². The number of nitrogens with one attached hydrogen (secondary N) is 1. The van der Waals surface area contributed by atoms with Crippen molar-refractivity contribution in [1.29, 1.82) is 0 Å². The summed E-state index contributed by atoms with van der Waals surface area (Å²) in [7, 11) is 0. The van der Waals surface area contributed by atoms with Gasteiger partial charge in [0.05, 0.1) is 10.5 Å². The Morgan fingerprint density at radius 1 is 1.50 bits per heavy atom. The van der Waals surface area contributed by atoms with Gasteiger partial charge in [-0.15, -0.1) is 0 Å². The Balaban J connectivity index is 2.07. The lowest BCUT2D eigenvalue weighted by atomic mass is 9.85. The van der Waals surface area contributed by atoms with Crippen LogP contribution in [0, 0.1) is 21.8 Å². The smallest absolute Gasteiger partial charge is 0.270 e. The molecule has 96 valence electrons. The van der Waals surface area contributed by atoms with Crippen LogP contribution in [0.25, 0.3) is 0 Å². The SMILES string of the molecule is O=C(NCC1CCC1)c1cc([N+](=O)[O-])ccc1F. The molecule has 0 spiro atoms. The summed E-state index contributed by atoms with van der Waals surface area (Å²) in [5.74, 6) is -0.884. The molecule has 1 aliphatic carbocycles. The summed E-state index contributed by atoms with van der Waals surface area (Å²) < 4.78 is 13.4. The molecule has 0 saturated heterocycles. The molecule has 18 heavy (non-hydrogen) atoms. The van der Waals surface area contributed by atoms with E-state index < -0.39 is 16.6 Å². The molecular weight excluding hydrogens is 239 g/mol. The maximum absolute atomic E-state index is 13.4. The van der Waals surface area contributed by atoms with E-state index >= 15 is 0 Å². The molecule has 0 bridgehead atoms. The molecule has 0 aliphatic heterocycles. The highest BCUT2D eigenvalue weighted by Gasteiger charge is 2.20. The minimum Gasteiger partial charge on any atom is -0.352 e. The molecule has 1 aromatic rings. The minimum absolute atomic E-state index is 0.275. The fourth-order valence-corrected chi connectivity index (χ4v) is 1.83. The highest BCUT2D eigenvalue weighted by atomic mass is 19.1. The van der Waals surface area contributed by atoms with E-state index in [-0.39, 0.29) is 11.3 Å². The number of nitrogens with zero attached hydrogens (tertiary/aromatic N) is 1. The average molecular weight is 252 g/mol. The summed E-state index contributed by atoms with van der Waals surface area (Å²) in [5, 5.41) is 13.2. The average Bonchev–Trinajstić information content (AvgIpc) is 2.26. The van der Waals surface area contributed by atoms with Crippen molar-refractivity contribution in [2.45, 2.75) is 19.3 Å². The molecule has 1 N–H and O–H groups in total. The van der Waals surface area contributed by atoms with E-state index in [0.717, 1.165) is 37.5 Å². The molecule has 0 radical (unpaired) electrons. The second kappa shape index (κ2) is 5.12. The second-order valence-corrected chi connectivity index (χ2v) is 4.43. The Bertz CT molecular complexity index is 486. The standard InChI is InChI=1S/C12H13FN2O3/c13-11-5-4-9(15(17)18)6-10(11)12(16)14-7-8-2-1-3-8/h4-6,8H,1-3,7H2,(H,14,16). The molecule has 2 rings (SSSR count). The highest BCUT2D eigenvalue weighted by Crippen LogP contribution is 2.25. The normalized spacial score (nSPS) is 14.9. The molecule has 1 aliphatic rings.